The Labute approximate surface area is 119 Å². The predicted octanol–water partition coefficient (Wildman–Crippen LogP) is 3.46. The first-order valence-electron chi connectivity index (χ1n) is 6.56. The van der Waals surface area contributed by atoms with Gasteiger partial charge in [0.15, 0.2) is 0 Å². The third kappa shape index (κ3) is 6.45. The average Bonchev–Trinajstić information content (AvgIpc) is 2.37. The van der Waals surface area contributed by atoms with Crippen LogP contribution in [-0.2, 0) is 9.53 Å². The maximum atomic E-state index is 11.7. The molecule has 0 atom stereocenters. The molecule has 1 aromatic carbocycles. The van der Waals surface area contributed by atoms with Crippen molar-refractivity contribution in [2.75, 3.05) is 24.3 Å². The minimum absolute atomic E-state index is 0.0641. The third-order valence-electron chi connectivity index (χ3n) is 2.60. The maximum Gasteiger partial charge on any atom is 0.224 e. The molecular formula is C14H21ClN2O2. The summed E-state index contributed by atoms with van der Waals surface area (Å²) in [6.45, 7) is 3.50. The Hall–Kier alpha value is -1.26. The fourth-order valence-corrected chi connectivity index (χ4v) is 1.76. The first kappa shape index (κ1) is 15.8. The molecule has 0 aliphatic carbocycles. The number of benzene rings is 1. The Bertz CT molecular complexity index is 410. The number of ether oxygens (including phenoxy) is 1. The van der Waals surface area contributed by atoms with Crippen LogP contribution in [0.4, 0.5) is 11.4 Å². The molecule has 0 fully saturated rings. The number of unbranched alkanes of at least 4 members (excludes halogenated alkanes) is 1. The normalized spacial score (nSPS) is 10.4. The minimum Gasteiger partial charge on any atom is -0.399 e. The van der Waals surface area contributed by atoms with E-state index in [1.165, 1.54) is 0 Å². The highest BCUT2D eigenvalue weighted by molar-refractivity contribution is 6.34. The first-order valence-corrected chi connectivity index (χ1v) is 6.94. The molecule has 106 valence electrons. The Balaban J connectivity index is 2.23. The number of hydrogen-bond acceptors (Lipinski definition) is 3. The Morgan fingerprint density at radius 1 is 1.37 bits per heavy atom. The summed E-state index contributed by atoms with van der Waals surface area (Å²) in [5.74, 6) is -0.0641. The van der Waals surface area contributed by atoms with Crippen molar-refractivity contribution in [3.8, 4) is 0 Å². The molecule has 0 aliphatic heterocycles. The second-order valence-corrected chi connectivity index (χ2v) is 4.76. The van der Waals surface area contributed by atoms with Crippen LogP contribution < -0.4 is 11.1 Å². The van der Waals surface area contributed by atoms with Crippen LogP contribution in [0, 0.1) is 0 Å². The van der Waals surface area contributed by atoms with Crippen molar-refractivity contribution >= 4 is 28.9 Å². The van der Waals surface area contributed by atoms with E-state index in [0.29, 0.717) is 35.8 Å². The topological polar surface area (TPSA) is 64.3 Å². The van der Waals surface area contributed by atoms with Crippen molar-refractivity contribution in [1.82, 2.24) is 0 Å². The minimum atomic E-state index is -0.0641. The van der Waals surface area contributed by atoms with Crippen LogP contribution in [0.25, 0.3) is 0 Å². The van der Waals surface area contributed by atoms with Gasteiger partial charge in [-0.25, -0.2) is 0 Å². The SMILES string of the molecule is CCCCOCCCC(=O)Nc1ccc(N)cc1Cl. The molecule has 0 radical (unpaired) electrons. The van der Waals surface area contributed by atoms with Gasteiger partial charge in [-0.05, 0) is 31.0 Å². The molecule has 0 heterocycles. The zero-order valence-electron chi connectivity index (χ0n) is 11.2. The predicted molar refractivity (Wildman–Crippen MR) is 79.5 cm³/mol. The second kappa shape index (κ2) is 8.77. The third-order valence-corrected chi connectivity index (χ3v) is 2.91. The Kier molecular flexibility index (Phi) is 7.30. The number of anilines is 2. The molecule has 0 saturated carbocycles. The highest BCUT2D eigenvalue weighted by atomic mass is 35.5. The Morgan fingerprint density at radius 3 is 2.79 bits per heavy atom. The Morgan fingerprint density at radius 2 is 2.11 bits per heavy atom. The summed E-state index contributed by atoms with van der Waals surface area (Å²) in [5, 5.41) is 3.21. The van der Waals surface area contributed by atoms with Crippen LogP contribution in [0.3, 0.4) is 0 Å². The van der Waals surface area contributed by atoms with Gasteiger partial charge in [0.25, 0.3) is 0 Å². The fraction of sp³-hybridized carbons (Fsp3) is 0.500. The van der Waals surface area contributed by atoms with E-state index < -0.39 is 0 Å². The molecule has 0 aliphatic rings. The summed E-state index contributed by atoms with van der Waals surface area (Å²) in [4.78, 5) is 11.7. The van der Waals surface area contributed by atoms with Gasteiger partial charge in [0.2, 0.25) is 5.91 Å². The van der Waals surface area contributed by atoms with Crippen LogP contribution in [0.1, 0.15) is 32.6 Å². The van der Waals surface area contributed by atoms with E-state index in [-0.39, 0.29) is 5.91 Å². The summed E-state index contributed by atoms with van der Waals surface area (Å²) in [6.07, 6.45) is 3.32. The molecular weight excluding hydrogens is 264 g/mol. The van der Waals surface area contributed by atoms with Crippen molar-refractivity contribution < 1.29 is 9.53 Å². The van der Waals surface area contributed by atoms with Gasteiger partial charge in [-0.2, -0.15) is 0 Å². The van der Waals surface area contributed by atoms with E-state index in [2.05, 4.69) is 12.2 Å². The summed E-state index contributed by atoms with van der Waals surface area (Å²) in [5.41, 5.74) is 6.75. The first-order chi connectivity index (χ1) is 9.13. The van der Waals surface area contributed by atoms with Crippen LogP contribution in [-0.4, -0.2) is 19.1 Å². The number of hydrogen-bond donors (Lipinski definition) is 2. The van der Waals surface area contributed by atoms with Gasteiger partial charge in [-0.3, -0.25) is 4.79 Å². The number of rotatable bonds is 8. The lowest BCUT2D eigenvalue weighted by Crippen LogP contribution is -2.12. The molecule has 1 rings (SSSR count). The van der Waals surface area contributed by atoms with Gasteiger partial charge in [0, 0.05) is 25.3 Å². The average molecular weight is 285 g/mol. The fourth-order valence-electron chi connectivity index (χ4n) is 1.53. The number of carbonyl (C=O) groups excluding carboxylic acids is 1. The van der Waals surface area contributed by atoms with Gasteiger partial charge < -0.3 is 15.8 Å². The lowest BCUT2D eigenvalue weighted by molar-refractivity contribution is -0.116. The number of nitrogens with two attached hydrogens (primary N) is 1. The van der Waals surface area contributed by atoms with Crippen molar-refractivity contribution in [1.29, 1.82) is 0 Å². The zero-order valence-corrected chi connectivity index (χ0v) is 12.0. The molecule has 0 unspecified atom stereocenters. The summed E-state index contributed by atoms with van der Waals surface area (Å²) in [7, 11) is 0. The van der Waals surface area contributed by atoms with Crippen LogP contribution >= 0.6 is 11.6 Å². The molecule has 1 amide bonds. The molecule has 19 heavy (non-hydrogen) atoms. The van der Waals surface area contributed by atoms with Crippen molar-refractivity contribution in [3.63, 3.8) is 0 Å². The van der Waals surface area contributed by atoms with Gasteiger partial charge in [-0.1, -0.05) is 24.9 Å². The van der Waals surface area contributed by atoms with Crippen molar-refractivity contribution in [3.05, 3.63) is 23.2 Å². The van der Waals surface area contributed by atoms with Crippen LogP contribution in [0.5, 0.6) is 0 Å². The van der Waals surface area contributed by atoms with E-state index in [1.807, 2.05) is 0 Å². The van der Waals surface area contributed by atoms with Gasteiger partial charge in [0.05, 0.1) is 10.7 Å². The van der Waals surface area contributed by atoms with Crippen LogP contribution in [0.15, 0.2) is 18.2 Å². The monoisotopic (exact) mass is 284 g/mol. The molecule has 0 saturated heterocycles. The van der Waals surface area contributed by atoms with Gasteiger partial charge >= 0.3 is 0 Å². The smallest absolute Gasteiger partial charge is 0.224 e. The van der Waals surface area contributed by atoms with E-state index in [1.54, 1.807) is 18.2 Å². The lowest BCUT2D eigenvalue weighted by Gasteiger charge is -2.08. The molecule has 0 spiro atoms. The number of carbonyl (C=O) groups is 1. The van der Waals surface area contributed by atoms with E-state index in [9.17, 15) is 4.79 Å². The highest BCUT2D eigenvalue weighted by Gasteiger charge is 2.05. The number of halogens is 1. The molecule has 5 heteroatoms. The molecule has 4 nitrogen and oxygen atoms in total. The van der Waals surface area contributed by atoms with Gasteiger partial charge in [0.1, 0.15) is 0 Å². The number of nitrogens with one attached hydrogen (secondary N) is 1. The van der Waals surface area contributed by atoms with Gasteiger partial charge in [-0.15, -0.1) is 0 Å². The number of nitrogen functional groups attached to an aromatic ring is 1. The van der Waals surface area contributed by atoms with E-state index >= 15 is 0 Å². The maximum absolute atomic E-state index is 11.7. The molecule has 1 aromatic rings. The largest absolute Gasteiger partial charge is 0.399 e. The molecule has 3 N–H and O–H groups in total. The summed E-state index contributed by atoms with van der Waals surface area (Å²) < 4.78 is 5.39. The highest BCUT2D eigenvalue weighted by Crippen LogP contribution is 2.24. The van der Waals surface area contributed by atoms with E-state index in [4.69, 9.17) is 22.1 Å². The standard InChI is InChI=1S/C14H21ClN2O2/c1-2-3-8-19-9-4-5-14(18)17-13-7-6-11(16)10-12(13)15/h6-7,10H,2-5,8-9,16H2,1H3,(H,17,18). The molecule has 0 bridgehead atoms. The van der Waals surface area contributed by atoms with Crippen molar-refractivity contribution in [2.45, 2.75) is 32.6 Å². The summed E-state index contributed by atoms with van der Waals surface area (Å²) in [6, 6.07) is 5.02. The lowest BCUT2D eigenvalue weighted by atomic mass is 10.2. The van der Waals surface area contributed by atoms with Crippen molar-refractivity contribution in [2.24, 2.45) is 0 Å². The quantitative estimate of drug-likeness (QED) is 0.567. The summed E-state index contributed by atoms with van der Waals surface area (Å²) >= 11 is 5.97. The van der Waals surface area contributed by atoms with Crippen LogP contribution in [0.2, 0.25) is 5.02 Å². The number of amides is 1. The zero-order chi connectivity index (χ0) is 14.1. The second-order valence-electron chi connectivity index (χ2n) is 4.36. The van der Waals surface area contributed by atoms with E-state index in [0.717, 1.165) is 19.4 Å². The molecule has 0 aromatic heterocycles.